The molecule has 0 aliphatic heterocycles. The summed E-state index contributed by atoms with van der Waals surface area (Å²) in [6.07, 6.45) is -4.31. The highest BCUT2D eigenvalue weighted by Gasteiger charge is 2.27. The lowest BCUT2D eigenvalue weighted by Gasteiger charge is -2.14. The number of thioether (sulfide) groups is 1. The van der Waals surface area contributed by atoms with Crippen molar-refractivity contribution in [1.82, 2.24) is 0 Å². The molecule has 0 bridgehead atoms. The lowest BCUT2D eigenvalue weighted by molar-refractivity contribution is -0.384. The minimum Gasteiger partial charge on any atom is -0.469 e. The molecule has 0 spiro atoms. The molecule has 0 heterocycles. The molecule has 2 aromatic rings. The van der Waals surface area contributed by atoms with Crippen molar-refractivity contribution in [3.8, 4) is 11.5 Å². The molecular formula is C19H18F3NO5S. The van der Waals surface area contributed by atoms with E-state index < -0.39 is 22.8 Å². The van der Waals surface area contributed by atoms with Gasteiger partial charge in [0, 0.05) is 23.4 Å². The van der Waals surface area contributed by atoms with Gasteiger partial charge in [0.25, 0.3) is 5.69 Å². The van der Waals surface area contributed by atoms with Gasteiger partial charge in [-0.1, -0.05) is 12.1 Å². The molecule has 0 amide bonds. The van der Waals surface area contributed by atoms with Crippen molar-refractivity contribution < 1.29 is 32.4 Å². The molecule has 2 rings (SSSR count). The predicted molar refractivity (Wildman–Crippen MR) is 102 cm³/mol. The molecule has 0 unspecified atom stereocenters. The van der Waals surface area contributed by atoms with E-state index in [1.54, 1.807) is 25.1 Å². The standard InChI is InChI=1S/C19H18F3NO5S/c1-12-3-4-13(8-18(24)27-2)7-17(12)28-16-6-5-15(23(25)26)9-14(16)10-29-11-19(20,21)22/h3-7,9H,8,10-11H2,1-2H3. The number of esters is 1. The summed E-state index contributed by atoms with van der Waals surface area (Å²) in [6, 6.07) is 8.87. The van der Waals surface area contributed by atoms with Crippen molar-refractivity contribution >= 4 is 23.4 Å². The quantitative estimate of drug-likeness (QED) is 0.326. The van der Waals surface area contributed by atoms with Crippen molar-refractivity contribution in [2.24, 2.45) is 0 Å². The van der Waals surface area contributed by atoms with E-state index in [9.17, 15) is 28.1 Å². The summed E-state index contributed by atoms with van der Waals surface area (Å²) < 4.78 is 47.8. The highest BCUT2D eigenvalue weighted by Crippen LogP contribution is 2.34. The number of hydrogen-bond acceptors (Lipinski definition) is 6. The first-order chi connectivity index (χ1) is 13.6. The Morgan fingerprint density at radius 2 is 1.90 bits per heavy atom. The molecule has 0 radical (unpaired) electrons. The van der Waals surface area contributed by atoms with E-state index in [-0.39, 0.29) is 29.2 Å². The van der Waals surface area contributed by atoms with Crippen LogP contribution >= 0.6 is 11.8 Å². The highest BCUT2D eigenvalue weighted by molar-refractivity contribution is 7.98. The Hall–Kier alpha value is -2.75. The zero-order valence-corrected chi connectivity index (χ0v) is 16.4. The molecule has 0 fully saturated rings. The fourth-order valence-corrected chi connectivity index (χ4v) is 3.17. The van der Waals surface area contributed by atoms with Gasteiger partial charge >= 0.3 is 12.1 Å². The number of carbonyl (C=O) groups is 1. The van der Waals surface area contributed by atoms with Gasteiger partial charge in [-0.25, -0.2) is 0 Å². The highest BCUT2D eigenvalue weighted by atomic mass is 32.2. The Balaban J connectivity index is 2.30. The summed E-state index contributed by atoms with van der Waals surface area (Å²) in [7, 11) is 1.27. The average molecular weight is 429 g/mol. The SMILES string of the molecule is COC(=O)Cc1ccc(C)c(Oc2ccc([N+](=O)[O-])cc2CSCC(F)(F)F)c1. The Labute approximate surface area is 169 Å². The van der Waals surface area contributed by atoms with Crippen LogP contribution in [0.2, 0.25) is 0 Å². The van der Waals surface area contributed by atoms with E-state index in [1.165, 1.54) is 25.3 Å². The number of ether oxygens (including phenoxy) is 2. The Kier molecular flexibility index (Phi) is 7.49. The van der Waals surface area contributed by atoms with Crippen LogP contribution in [0.5, 0.6) is 11.5 Å². The van der Waals surface area contributed by atoms with Crippen molar-refractivity contribution in [3.63, 3.8) is 0 Å². The summed E-state index contributed by atoms with van der Waals surface area (Å²) in [6.45, 7) is 1.76. The number of rotatable bonds is 8. The molecule has 0 aliphatic rings. The van der Waals surface area contributed by atoms with E-state index >= 15 is 0 Å². The largest absolute Gasteiger partial charge is 0.469 e. The third-order valence-electron chi connectivity index (χ3n) is 3.83. The van der Waals surface area contributed by atoms with E-state index in [4.69, 9.17) is 4.74 Å². The molecule has 0 N–H and O–H groups in total. The molecule has 29 heavy (non-hydrogen) atoms. The Bertz CT molecular complexity index is 902. The van der Waals surface area contributed by atoms with Crippen LogP contribution in [0.3, 0.4) is 0 Å². The van der Waals surface area contributed by atoms with Gasteiger partial charge in [-0.3, -0.25) is 14.9 Å². The topological polar surface area (TPSA) is 78.7 Å². The van der Waals surface area contributed by atoms with Gasteiger partial charge in [0.2, 0.25) is 0 Å². The van der Waals surface area contributed by atoms with Gasteiger partial charge in [0.05, 0.1) is 24.2 Å². The van der Waals surface area contributed by atoms with Crippen molar-refractivity contribution in [2.45, 2.75) is 25.3 Å². The number of carbonyl (C=O) groups excluding carboxylic acids is 1. The van der Waals surface area contributed by atoms with Gasteiger partial charge in [-0.05, 0) is 30.2 Å². The van der Waals surface area contributed by atoms with Gasteiger partial charge in [-0.2, -0.15) is 13.2 Å². The number of aryl methyl sites for hydroxylation is 1. The van der Waals surface area contributed by atoms with Crippen LogP contribution in [0, 0.1) is 17.0 Å². The fraction of sp³-hybridized carbons (Fsp3) is 0.316. The zero-order chi connectivity index (χ0) is 21.6. The molecule has 0 aromatic heterocycles. The lowest BCUT2D eigenvalue weighted by atomic mass is 10.1. The van der Waals surface area contributed by atoms with Crippen LogP contribution in [0.4, 0.5) is 18.9 Å². The van der Waals surface area contributed by atoms with Crippen LogP contribution in [0.15, 0.2) is 36.4 Å². The van der Waals surface area contributed by atoms with Gasteiger partial charge in [0.15, 0.2) is 0 Å². The number of benzene rings is 2. The molecule has 156 valence electrons. The summed E-state index contributed by atoms with van der Waals surface area (Å²) in [4.78, 5) is 21.9. The van der Waals surface area contributed by atoms with Crippen LogP contribution in [0.1, 0.15) is 16.7 Å². The molecule has 10 heteroatoms. The lowest BCUT2D eigenvalue weighted by Crippen LogP contribution is -2.11. The fourth-order valence-electron chi connectivity index (χ4n) is 2.39. The summed E-state index contributed by atoms with van der Waals surface area (Å²) in [5.74, 6) is -1.02. The summed E-state index contributed by atoms with van der Waals surface area (Å²) in [5.41, 5.74) is 1.39. The summed E-state index contributed by atoms with van der Waals surface area (Å²) >= 11 is 0.588. The van der Waals surface area contributed by atoms with Crippen LogP contribution < -0.4 is 4.74 Å². The monoisotopic (exact) mass is 429 g/mol. The second-order valence-corrected chi connectivity index (χ2v) is 7.10. The van der Waals surface area contributed by atoms with Gasteiger partial charge in [0.1, 0.15) is 11.5 Å². The zero-order valence-electron chi connectivity index (χ0n) is 15.6. The number of hydrogen-bond donors (Lipinski definition) is 0. The Morgan fingerprint density at radius 1 is 1.17 bits per heavy atom. The van der Waals surface area contributed by atoms with Crippen LogP contribution in [0.25, 0.3) is 0 Å². The number of non-ortho nitro benzene ring substituents is 1. The number of nitrogens with zero attached hydrogens (tertiary/aromatic N) is 1. The molecule has 0 atom stereocenters. The normalized spacial score (nSPS) is 11.2. The molecule has 0 aliphatic carbocycles. The third-order valence-corrected chi connectivity index (χ3v) is 4.87. The second kappa shape index (κ2) is 9.64. The van der Waals surface area contributed by atoms with E-state index in [0.29, 0.717) is 23.1 Å². The Morgan fingerprint density at radius 3 is 2.52 bits per heavy atom. The molecule has 2 aromatic carbocycles. The second-order valence-electron chi connectivity index (χ2n) is 6.11. The van der Waals surface area contributed by atoms with Gasteiger partial charge in [-0.15, -0.1) is 11.8 Å². The van der Waals surface area contributed by atoms with Crippen LogP contribution in [-0.2, 0) is 21.7 Å². The van der Waals surface area contributed by atoms with E-state index in [1.807, 2.05) is 0 Å². The first-order valence-electron chi connectivity index (χ1n) is 8.35. The first-order valence-corrected chi connectivity index (χ1v) is 9.50. The number of nitro benzene ring substituents is 1. The number of alkyl halides is 3. The van der Waals surface area contributed by atoms with Crippen LogP contribution in [-0.4, -0.2) is 29.9 Å². The van der Waals surface area contributed by atoms with Crippen molar-refractivity contribution in [1.29, 1.82) is 0 Å². The smallest absolute Gasteiger partial charge is 0.397 e. The molecule has 0 saturated carbocycles. The predicted octanol–water partition coefficient (Wildman–Crippen LogP) is 5.21. The van der Waals surface area contributed by atoms with Crippen molar-refractivity contribution in [3.05, 3.63) is 63.2 Å². The van der Waals surface area contributed by atoms with Crippen molar-refractivity contribution in [2.75, 3.05) is 12.9 Å². The molecular weight excluding hydrogens is 411 g/mol. The third kappa shape index (κ3) is 6.97. The maximum atomic E-state index is 12.4. The maximum Gasteiger partial charge on any atom is 0.397 e. The average Bonchev–Trinajstić information content (AvgIpc) is 2.64. The number of nitro groups is 1. The summed E-state index contributed by atoms with van der Waals surface area (Å²) in [5, 5.41) is 11.0. The number of halogens is 3. The van der Waals surface area contributed by atoms with E-state index in [2.05, 4.69) is 4.74 Å². The minimum atomic E-state index is -4.34. The van der Waals surface area contributed by atoms with E-state index in [0.717, 1.165) is 5.56 Å². The first kappa shape index (κ1) is 22.5. The molecule has 6 nitrogen and oxygen atoms in total. The molecule has 0 saturated heterocycles. The van der Waals surface area contributed by atoms with Gasteiger partial charge < -0.3 is 9.47 Å². The maximum absolute atomic E-state index is 12.4. The minimum absolute atomic E-state index is 0.0295. The number of methoxy groups -OCH3 is 1.